The van der Waals surface area contributed by atoms with Crippen LogP contribution >= 0.6 is 31.9 Å². The number of nitrogens with one attached hydrogen (secondary N) is 2. The highest BCUT2D eigenvalue weighted by molar-refractivity contribution is 9.11. The fraction of sp³-hybridized carbons (Fsp3) is 0.118. The summed E-state index contributed by atoms with van der Waals surface area (Å²) in [5.74, 6) is -0.560. The minimum atomic E-state index is -0.349. The molecule has 25 heavy (non-hydrogen) atoms. The van der Waals surface area contributed by atoms with E-state index in [1.165, 1.54) is 6.21 Å². The van der Waals surface area contributed by atoms with E-state index in [-0.39, 0.29) is 30.5 Å². The number of halogens is 2. The number of benzene rings is 2. The van der Waals surface area contributed by atoms with Crippen molar-refractivity contribution in [3.8, 4) is 5.75 Å². The minimum absolute atomic E-state index is 0.0244. The molecule has 2 amide bonds. The summed E-state index contributed by atoms with van der Waals surface area (Å²) in [5.41, 5.74) is 3.33. The van der Waals surface area contributed by atoms with Crippen LogP contribution in [0, 0.1) is 0 Å². The van der Waals surface area contributed by atoms with Crippen LogP contribution in [0.15, 0.2) is 56.5 Å². The lowest BCUT2D eigenvalue weighted by Gasteiger charge is -2.05. The number of carbonyl (C=O) groups excluding carboxylic acids is 2. The highest BCUT2D eigenvalue weighted by atomic mass is 79.9. The van der Waals surface area contributed by atoms with E-state index in [0.29, 0.717) is 15.6 Å². The molecule has 2 aromatic rings. The van der Waals surface area contributed by atoms with Gasteiger partial charge in [0.1, 0.15) is 5.75 Å². The number of aromatic hydroxyl groups is 1. The lowest BCUT2D eigenvalue weighted by molar-refractivity contribution is -0.120. The molecular weight excluding hydrogens is 454 g/mol. The van der Waals surface area contributed by atoms with Crippen LogP contribution in [0.4, 0.5) is 0 Å². The molecular formula is C17H15Br2N3O3. The number of carbonyl (C=O) groups is 2. The first-order chi connectivity index (χ1) is 12.0. The lowest BCUT2D eigenvalue weighted by atomic mass is 10.2. The molecule has 0 heterocycles. The lowest BCUT2D eigenvalue weighted by Crippen LogP contribution is -2.28. The number of amides is 2. The van der Waals surface area contributed by atoms with Crippen molar-refractivity contribution in [2.45, 2.75) is 6.42 Å². The second kappa shape index (κ2) is 9.33. The third-order valence-corrected chi connectivity index (χ3v) is 4.19. The van der Waals surface area contributed by atoms with Gasteiger partial charge in [-0.05, 0) is 40.2 Å². The number of nitrogens with zero attached hydrogens (tertiary/aromatic N) is 1. The first-order valence-corrected chi connectivity index (χ1v) is 8.89. The number of hydrogen-bond acceptors (Lipinski definition) is 4. The molecule has 0 aliphatic carbocycles. The molecule has 130 valence electrons. The summed E-state index contributed by atoms with van der Waals surface area (Å²) in [4.78, 5) is 23.5. The van der Waals surface area contributed by atoms with Gasteiger partial charge < -0.3 is 10.4 Å². The van der Waals surface area contributed by atoms with Gasteiger partial charge in [0.15, 0.2) is 0 Å². The highest BCUT2D eigenvalue weighted by Gasteiger charge is 2.07. The van der Waals surface area contributed by atoms with Gasteiger partial charge in [0, 0.05) is 28.6 Å². The number of rotatable bonds is 6. The van der Waals surface area contributed by atoms with E-state index in [1.54, 1.807) is 36.4 Å². The normalized spacial score (nSPS) is 10.6. The summed E-state index contributed by atoms with van der Waals surface area (Å²) >= 11 is 6.52. The molecule has 2 aromatic carbocycles. The molecule has 0 fully saturated rings. The van der Waals surface area contributed by atoms with Crippen molar-refractivity contribution in [2.75, 3.05) is 6.54 Å². The van der Waals surface area contributed by atoms with Gasteiger partial charge in [-0.15, -0.1) is 0 Å². The molecule has 8 heteroatoms. The summed E-state index contributed by atoms with van der Waals surface area (Å²) in [6, 6.07) is 12.1. The van der Waals surface area contributed by atoms with Crippen molar-refractivity contribution in [2.24, 2.45) is 5.10 Å². The minimum Gasteiger partial charge on any atom is -0.506 e. The average Bonchev–Trinajstić information content (AvgIpc) is 2.59. The summed E-state index contributed by atoms with van der Waals surface area (Å²) in [6.45, 7) is 0.197. The molecule has 0 atom stereocenters. The zero-order valence-electron chi connectivity index (χ0n) is 13.0. The Morgan fingerprint density at radius 3 is 2.60 bits per heavy atom. The van der Waals surface area contributed by atoms with Crippen molar-refractivity contribution < 1.29 is 14.7 Å². The molecule has 0 spiro atoms. The van der Waals surface area contributed by atoms with Crippen molar-refractivity contribution in [3.05, 3.63) is 62.5 Å². The van der Waals surface area contributed by atoms with Gasteiger partial charge in [-0.25, -0.2) is 5.43 Å². The average molecular weight is 469 g/mol. The number of hydrogen-bond donors (Lipinski definition) is 3. The van der Waals surface area contributed by atoms with E-state index in [9.17, 15) is 14.7 Å². The monoisotopic (exact) mass is 467 g/mol. The molecule has 0 saturated heterocycles. The largest absolute Gasteiger partial charge is 0.506 e. The quantitative estimate of drug-likeness (QED) is 0.449. The van der Waals surface area contributed by atoms with Crippen LogP contribution in [-0.4, -0.2) is 29.7 Å². The Kier molecular flexibility index (Phi) is 7.15. The smallest absolute Gasteiger partial charge is 0.251 e. The van der Waals surface area contributed by atoms with Crippen LogP contribution in [0.5, 0.6) is 5.75 Å². The Bertz CT molecular complexity index is 795. The Labute approximate surface area is 161 Å². The maximum atomic E-state index is 11.8. The van der Waals surface area contributed by atoms with E-state index in [1.807, 2.05) is 6.07 Å². The Morgan fingerprint density at radius 1 is 1.16 bits per heavy atom. The van der Waals surface area contributed by atoms with E-state index in [4.69, 9.17) is 0 Å². The first-order valence-electron chi connectivity index (χ1n) is 7.30. The second-order valence-corrected chi connectivity index (χ2v) is 6.76. The van der Waals surface area contributed by atoms with Crippen molar-refractivity contribution in [1.29, 1.82) is 0 Å². The number of phenolic OH excluding ortho intramolecular Hbond substituents is 1. The van der Waals surface area contributed by atoms with E-state index >= 15 is 0 Å². The van der Waals surface area contributed by atoms with Crippen LogP contribution in [0.2, 0.25) is 0 Å². The molecule has 0 aromatic heterocycles. The predicted molar refractivity (Wildman–Crippen MR) is 103 cm³/mol. The van der Waals surface area contributed by atoms with Crippen LogP contribution in [-0.2, 0) is 4.79 Å². The summed E-state index contributed by atoms with van der Waals surface area (Å²) in [5, 5.41) is 16.3. The van der Waals surface area contributed by atoms with Gasteiger partial charge in [0.05, 0.1) is 10.7 Å². The number of hydrazone groups is 1. The van der Waals surface area contributed by atoms with Crippen molar-refractivity contribution >= 4 is 49.9 Å². The van der Waals surface area contributed by atoms with Gasteiger partial charge in [0.2, 0.25) is 5.91 Å². The molecule has 0 radical (unpaired) electrons. The molecule has 0 unspecified atom stereocenters. The van der Waals surface area contributed by atoms with Gasteiger partial charge in [-0.3, -0.25) is 9.59 Å². The van der Waals surface area contributed by atoms with Crippen molar-refractivity contribution in [1.82, 2.24) is 10.7 Å². The third kappa shape index (κ3) is 5.99. The van der Waals surface area contributed by atoms with E-state index in [0.717, 1.165) is 4.47 Å². The maximum absolute atomic E-state index is 11.8. The van der Waals surface area contributed by atoms with Gasteiger partial charge >= 0.3 is 0 Å². The Balaban J connectivity index is 1.78. The maximum Gasteiger partial charge on any atom is 0.251 e. The molecule has 0 aliphatic rings. The fourth-order valence-corrected chi connectivity index (χ4v) is 3.15. The third-order valence-electron chi connectivity index (χ3n) is 3.12. The number of phenols is 1. The summed E-state index contributed by atoms with van der Waals surface area (Å²) in [6.07, 6.45) is 1.43. The zero-order chi connectivity index (χ0) is 18.2. The zero-order valence-corrected chi connectivity index (χ0v) is 16.2. The van der Waals surface area contributed by atoms with E-state index < -0.39 is 0 Å². The van der Waals surface area contributed by atoms with Crippen LogP contribution in [0.25, 0.3) is 0 Å². The van der Waals surface area contributed by atoms with Gasteiger partial charge in [-0.1, -0.05) is 34.1 Å². The van der Waals surface area contributed by atoms with Crippen LogP contribution in [0.1, 0.15) is 22.3 Å². The summed E-state index contributed by atoms with van der Waals surface area (Å²) < 4.78 is 1.27. The molecule has 2 rings (SSSR count). The van der Waals surface area contributed by atoms with E-state index in [2.05, 4.69) is 47.7 Å². The standard InChI is InChI=1S/C17H15Br2N3O3/c18-13-8-12(16(24)14(19)9-13)10-21-22-15(23)6-7-20-17(25)11-4-2-1-3-5-11/h1-5,8-10,24H,6-7H2,(H,20,25)(H,22,23)/b21-10+. The molecule has 0 bridgehead atoms. The Morgan fingerprint density at radius 2 is 1.88 bits per heavy atom. The van der Waals surface area contributed by atoms with Gasteiger partial charge in [-0.2, -0.15) is 5.10 Å². The van der Waals surface area contributed by atoms with Gasteiger partial charge in [0.25, 0.3) is 5.91 Å². The molecule has 6 nitrogen and oxygen atoms in total. The predicted octanol–water partition coefficient (Wildman–Crippen LogP) is 3.19. The summed E-state index contributed by atoms with van der Waals surface area (Å²) in [7, 11) is 0. The van der Waals surface area contributed by atoms with Crippen LogP contribution in [0.3, 0.4) is 0 Å². The highest BCUT2D eigenvalue weighted by Crippen LogP contribution is 2.30. The van der Waals surface area contributed by atoms with Crippen molar-refractivity contribution in [3.63, 3.8) is 0 Å². The molecule has 0 saturated carbocycles. The molecule has 3 N–H and O–H groups in total. The fourth-order valence-electron chi connectivity index (χ4n) is 1.90. The SMILES string of the molecule is O=C(CCNC(=O)c1ccccc1)N/N=C/c1cc(Br)cc(Br)c1O. The second-order valence-electron chi connectivity index (χ2n) is 4.99. The first kappa shape index (κ1) is 19.1. The van der Waals surface area contributed by atoms with Crippen LogP contribution < -0.4 is 10.7 Å². The Hall–Kier alpha value is -2.19. The topological polar surface area (TPSA) is 90.8 Å². The molecule has 0 aliphatic heterocycles.